The minimum Gasteiger partial charge on any atom is -0.321 e. The minimum atomic E-state index is -0.370. The summed E-state index contributed by atoms with van der Waals surface area (Å²) in [6.45, 7) is 1.97. The molecule has 26 heavy (non-hydrogen) atoms. The van der Waals surface area contributed by atoms with Crippen molar-refractivity contribution in [2.45, 2.75) is 13.3 Å². The van der Waals surface area contributed by atoms with Crippen molar-refractivity contribution in [1.29, 1.82) is 0 Å². The van der Waals surface area contributed by atoms with Crippen molar-refractivity contribution < 1.29 is 9.59 Å². The van der Waals surface area contributed by atoms with Gasteiger partial charge < -0.3 is 5.32 Å². The first-order chi connectivity index (χ1) is 12.6. The van der Waals surface area contributed by atoms with E-state index in [9.17, 15) is 9.59 Å². The zero-order valence-electron chi connectivity index (χ0n) is 13.8. The van der Waals surface area contributed by atoms with Crippen LogP contribution in [-0.2, 0) is 6.42 Å². The summed E-state index contributed by atoms with van der Waals surface area (Å²) in [6, 6.07) is 13.3. The molecule has 8 heteroatoms. The molecule has 1 aromatic heterocycles. The summed E-state index contributed by atoms with van der Waals surface area (Å²) in [7, 11) is 0. The van der Waals surface area contributed by atoms with Crippen molar-refractivity contribution in [2.75, 3.05) is 10.6 Å². The average Bonchev–Trinajstić information content (AvgIpc) is 3.09. The maximum Gasteiger partial charge on any atom is 0.259 e. The smallest absolute Gasteiger partial charge is 0.259 e. The molecule has 0 unspecified atom stereocenters. The SMILES string of the molecule is CCc1nnc(NC(=O)c2ccccc2NC(=O)c2cccc(Cl)c2)s1. The molecule has 3 rings (SSSR count). The van der Waals surface area contributed by atoms with Crippen LogP contribution in [-0.4, -0.2) is 22.0 Å². The lowest BCUT2D eigenvalue weighted by Gasteiger charge is -2.10. The van der Waals surface area contributed by atoms with Gasteiger partial charge in [-0.2, -0.15) is 0 Å². The van der Waals surface area contributed by atoms with Gasteiger partial charge >= 0.3 is 0 Å². The van der Waals surface area contributed by atoms with Crippen LogP contribution in [0.4, 0.5) is 10.8 Å². The van der Waals surface area contributed by atoms with E-state index in [1.54, 1.807) is 48.5 Å². The van der Waals surface area contributed by atoms with Gasteiger partial charge in [0.2, 0.25) is 5.13 Å². The molecule has 0 saturated heterocycles. The van der Waals surface area contributed by atoms with Gasteiger partial charge in [-0.25, -0.2) is 0 Å². The Morgan fingerprint density at radius 3 is 2.58 bits per heavy atom. The number of para-hydroxylation sites is 1. The molecule has 0 fully saturated rings. The Morgan fingerprint density at radius 1 is 1.04 bits per heavy atom. The van der Waals surface area contributed by atoms with Gasteiger partial charge in [-0.05, 0) is 36.8 Å². The fourth-order valence-electron chi connectivity index (χ4n) is 2.23. The molecule has 2 N–H and O–H groups in total. The highest BCUT2D eigenvalue weighted by Crippen LogP contribution is 2.21. The van der Waals surface area contributed by atoms with Crippen LogP contribution in [0.1, 0.15) is 32.6 Å². The summed E-state index contributed by atoms with van der Waals surface area (Å²) in [5.74, 6) is -0.720. The molecular formula is C18H15ClN4O2S. The molecule has 0 aliphatic rings. The number of nitrogens with zero attached hydrogens (tertiary/aromatic N) is 2. The molecule has 2 amide bonds. The molecule has 2 aromatic carbocycles. The first kappa shape index (κ1) is 18.0. The predicted octanol–water partition coefficient (Wildman–Crippen LogP) is 4.26. The number of aromatic nitrogens is 2. The summed E-state index contributed by atoms with van der Waals surface area (Å²) in [5.41, 5.74) is 1.13. The minimum absolute atomic E-state index is 0.330. The second-order valence-electron chi connectivity index (χ2n) is 5.32. The van der Waals surface area contributed by atoms with E-state index in [2.05, 4.69) is 20.8 Å². The molecule has 132 valence electrons. The van der Waals surface area contributed by atoms with Crippen LogP contribution in [0.15, 0.2) is 48.5 Å². The number of rotatable bonds is 5. The van der Waals surface area contributed by atoms with Gasteiger partial charge in [0.1, 0.15) is 5.01 Å². The number of benzene rings is 2. The van der Waals surface area contributed by atoms with Gasteiger partial charge in [-0.1, -0.05) is 48.1 Å². The molecule has 1 heterocycles. The molecule has 6 nitrogen and oxygen atoms in total. The highest BCUT2D eigenvalue weighted by Gasteiger charge is 2.16. The Bertz CT molecular complexity index is 958. The second-order valence-corrected chi connectivity index (χ2v) is 6.82. The van der Waals surface area contributed by atoms with Gasteiger partial charge in [-0.3, -0.25) is 14.9 Å². The fraction of sp³-hybridized carbons (Fsp3) is 0.111. The number of halogens is 1. The summed E-state index contributed by atoms with van der Waals surface area (Å²) in [5, 5.41) is 15.1. The summed E-state index contributed by atoms with van der Waals surface area (Å²) < 4.78 is 0. The van der Waals surface area contributed by atoms with E-state index in [0.717, 1.165) is 11.4 Å². The number of amides is 2. The lowest BCUT2D eigenvalue weighted by Crippen LogP contribution is -2.18. The van der Waals surface area contributed by atoms with Crippen LogP contribution in [0.3, 0.4) is 0 Å². The maximum absolute atomic E-state index is 12.6. The third kappa shape index (κ3) is 4.25. The van der Waals surface area contributed by atoms with E-state index < -0.39 is 0 Å². The zero-order chi connectivity index (χ0) is 18.5. The Labute approximate surface area is 159 Å². The standard InChI is InChI=1S/C18H15ClN4O2S/c1-2-15-22-23-18(26-15)21-17(25)13-8-3-4-9-14(13)20-16(24)11-6-5-7-12(19)10-11/h3-10H,2H2,1H3,(H,20,24)(H,21,23,25). The molecule has 0 saturated carbocycles. The van der Waals surface area contributed by atoms with Crippen LogP contribution >= 0.6 is 22.9 Å². The predicted molar refractivity (Wildman–Crippen MR) is 103 cm³/mol. The van der Waals surface area contributed by atoms with Gasteiger partial charge in [0.05, 0.1) is 11.3 Å². The van der Waals surface area contributed by atoms with Crippen LogP contribution in [0.5, 0.6) is 0 Å². The summed E-state index contributed by atoms with van der Waals surface area (Å²) in [6.07, 6.45) is 0.750. The first-order valence-corrected chi connectivity index (χ1v) is 9.06. The molecule has 3 aromatic rings. The van der Waals surface area contributed by atoms with E-state index in [1.807, 2.05) is 6.92 Å². The van der Waals surface area contributed by atoms with E-state index in [0.29, 0.717) is 27.0 Å². The highest BCUT2D eigenvalue weighted by atomic mass is 35.5. The Balaban J connectivity index is 1.79. The van der Waals surface area contributed by atoms with Gasteiger partial charge in [0.25, 0.3) is 11.8 Å². The largest absolute Gasteiger partial charge is 0.321 e. The topological polar surface area (TPSA) is 84.0 Å². The average molecular weight is 387 g/mol. The van der Waals surface area contributed by atoms with Crippen LogP contribution in [0.25, 0.3) is 0 Å². The van der Waals surface area contributed by atoms with Crippen molar-refractivity contribution in [3.63, 3.8) is 0 Å². The molecular weight excluding hydrogens is 372 g/mol. The van der Waals surface area contributed by atoms with Crippen molar-refractivity contribution in [3.05, 3.63) is 69.7 Å². The van der Waals surface area contributed by atoms with E-state index in [1.165, 1.54) is 11.3 Å². The number of carbonyl (C=O) groups is 2. The van der Waals surface area contributed by atoms with Gasteiger partial charge in [0, 0.05) is 10.6 Å². The normalized spacial score (nSPS) is 10.4. The Hall–Kier alpha value is -2.77. The number of carbonyl (C=O) groups excluding carboxylic acids is 2. The summed E-state index contributed by atoms with van der Waals surface area (Å²) in [4.78, 5) is 25.0. The van der Waals surface area contributed by atoms with E-state index >= 15 is 0 Å². The Morgan fingerprint density at radius 2 is 1.85 bits per heavy atom. The lowest BCUT2D eigenvalue weighted by molar-refractivity contribution is 0.102. The van der Waals surface area contributed by atoms with Crippen molar-refractivity contribution in [3.8, 4) is 0 Å². The third-order valence-electron chi connectivity index (χ3n) is 3.50. The third-order valence-corrected chi connectivity index (χ3v) is 4.71. The van der Waals surface area contributed by atoms with Crippen molar-refractivity contribution >= 4 is 45.6 Å². The fourth-order valence-corrected chi connectivity index (χ4v) is 3.09. The second kappa shape index (κ2) is 8.07. The van der Waals surface area contributed by atoms with Gasteiger partial charge in [-0.15, -0.1) is 10.2 Å². The molecule has 0 radical (unpaired) electrons. The maximum atomic E-state index is 12.6. The molecule has 0 bridgehead atoms. The van der Waals surface area contributed by atoms with E-state index in [-0.39, 0.29) is 11.8 Å². The summed E-state index contributed by atoms with van der Waals surface area (Å²) >= 11 is 7.24. The number of hydrogen-bond donors (Lipinski definition) is 2. The number of hydrogen-bond acceptors (Lipinski definition) is 5. The first-order valence-electron chi connectivity index (χ1n) is 7.86. The van der Waals surface area contributed by atoms with Crippen LogP contribution in [0.2, 0.25) is 5.02 Å². The van der Waals surface area contributed by atoms with Crippen LogP contribution < -0.4 is 10.6 Å². The van der Waals surface area contributed by atoms with Crippen molar-refractivity contribution in [1.82, 2.24) is 10.2 Å². The molecule has 0 spiro atoms. The lowest BCUT2D eigenvalue weighted by atomic mass is 10.1. The number of aryl methyl sites for hydroxylation is 1. The van der Waals surface area contributed by atoms with E-state index in [4.69, 9.17) is 11.6 Å². The molecule has 0 aliphatic heterocycles. The molecule has 0 aliphatic carbocycles. The van der Waals surface area contributed by atoms with Crippen LogP contribution in [0, 0.1) is 0 Å². The highest BCUT2D eigenvalue weighted by molar-refractivity contribution is 7.15. The molecule has 0 atom stereocenters. The monoisotopic (exact) mass is 386 g/mol. The Kier molecular flexibility index (Phi) is 5.60. The number of anilines is 2. The number of nitrogens with one attached hydrogen (secondary N) is 2. The quantitative estimate of drug-likeness (QED) is 0.686. The van der Waals surface area contributed by atoms with Gasteiger partial charge in [0.15, 0.2) is 0 Å². The zero-order valence-corrected chi connectivity index (χ0v) is 15.4. The van der Waals surface area contributed by atoms with Crippen molar-refractivity contribution in [2.24, 2.45) is 0 Å².